The lowest BCUT2D eigenvalue weighted by atomic mass is 9.92. The molecule has 148 valence electrons. The van der Waals surface area contributed by atoms with E-state index in [4.69, 9.17) is 4.99 Å². The van der Waals surface area contributed by atoms with Gasteiger partial charge in [0.05, 0.1) is 6.54 Å². The first kappa shape index (κ1) is 20.8. The van der Waals surface area contributed by atoms with Crippen molar-refractivity contribution < 1.29 is 0 Å². The summed E-state index contributed by atoms with van der Waals surface area (Å²) in [5.41, 5.74) is 1.30. The quantitative estimate of drug-likeness (QED) is 0.439. The van der Waals surface area contributed by atoms with E-state index in [9.17, 15) is 0 Å². The van der Waals surface area contributed by atoms with Crippen LogP contribution in [-0.4, -0.2) is 60.1 Å². The van der Waals surface area contributed by atoms with Crippen LogP contribution >= 0.6 is 0 Å². The van der Waals surface area contributed by atoms with Crippen molar-refractivity contribution in [2.45, 2.75) is 46.6 Å². The van der Waals surface area contributed by atoms with Crippen LogP contribution in [0.1, 0.15) is 45.7 Å². The molecule has 2 rings (SSSR count). The van der Waals surface area contributed by atoms with Crippen LogP contribution in [0.15, 0.2) is 23.3 Å². The summed E-state index contributed by atoms with van der Waals surface area (Å²) >= 11 is 0. The fraction of sp³-hybridized carbons (Fsp3) is 0.762. The smallest absolute Gasteiger partial charge is 0.194 e. The van der Waals surface area contributed by atoms with E-state index >= 15 is 0 Å². The molecular formula is C21H39N5. The van der Waals surface area contributed by atoms with Gasteiger partial charge in [0.15, 0.2) is 5.96 Å². The third kappa shape index (κ3) is 6.67. The second-order valence-electron chi connectivity index (χ2n) is 8.11. The SMILES string of the molecule is CCNC(=NCCCCN1CC(C)CC(C)C1)N(C)Cc1cccn1C. The first-order valence-corrected chi connectivity index (χ1v) is 10.3. The van der Waals surface area contributed by atoms with Gasteiger partial charge in [-0.05, 0) is 56.7 Å². The van der Waals surface area contributed by atoms with Crippen molar-refractivity contribution in [3.8, 4) is 0 Å². The molecule has 2 heterocycles. The monoisotopic (exact) mass is 361 g/mol. The Kier molecular flexibility index (Phi) is 8.49. The highest BCUT2D eigenvalue weighted by molar-refractivity contribution is 5.79. The van der Waals surface area contributed by atoms with Crippen LogP contribution in [0.2, 0.25) is 0 Å². The molecule has 1 aromatic rings. The van der Waals surface area contributed by atoms with Crippen LogP contribution in [0.4, 0.5) is 0 Å². The van der Waals surface area contributed by atoms with Gasteiger partial charge < -0.3 is 19.7 Å². The lowest BCUT2D eigenvalue weighted by Gasteiger charge is -2.34. The second kappa shape index (κ2) is 10.6. The first-order chi connectivity index (χ1) is 12.5. The number of guanidine groups is 1. The molecule has 0 spiro atoms. The van der Waals surface area contributed by atoms with Gasteiger partial charge in [-0.25, -0.2) is 0 Å². The zero-order valence-electron chi connectivity index (χ0n) is 17.5. The van der Waals surface area contributed by atoms with Crippen molar-refractivity contribution in [2.24, 2.45) is 23.9 Å². The largest absolute Gasteiger partial charge is 0.357 e. The Hall–Kier alpha value is -1.49. The lowest BCUT2D eigenvalue weighted by Crippen LogP contribution is -2.39. The van der Waals surface area contributed by atoms with Crippen LogP contribution in [0.3, 0.4) is 0 Å². The van der Waals surface area contributed by atoms with Crippen LogP contribution in [0, 0.1) is 11.8 Å². The number of piperidine rings is 1. The van der Waals surface area contributed by atoms with E-state index in [1.54, 1.807) is 0 Å². The molecule has 0 aromatic carbocycles. The average Bonchev–Trinajstić information content (AvgIpc) is 2.97. The van der Waals surface area contributed by atoms with Gasteiger partial charge in [-0.15, -0.1) is 0 Å². The van der Waals surface area contributed by atoms with E-state index in [1.165, 1.54) is 38.2 Å². The molecule has 1 aliphatic heterocycles. The third-order valence-corrected chi connectivity index (χ3v) is 5.24. The molecule has 5 heteroatoms. The molecule has 5 nitrogen and oxygen atoms in total. The van der Waals surface area contributed by atoms with Gasteiger partial charge in [-0.2, -0.15) is 0 Å². The maximum atomic E-state index is 4.84. The Labute approximate surface area is 160 Å². The van der Waals surface area contributed by atoms with Crippen LogP contribution in [-0.2, 0) is 13.6 Å². The molecule has 1 aromatic heterocycles. The number of aromatic nitrogens is 1. The third-order valence-electron chi connectivity index (χ3n) is 5.24. The van der Waals surface area contributed by atoms with E-state index in [-0.39, 0.29) is 0 Å². The first-order valence-electron chi connectivity index (χ1n) is 10.3. The normalized spacial score (nSPS) is 21.8. The minimum absolute atomic E-state index is 0.850. The Bertz CT molecular complexity index is 540. The minimum Gasteiger partial charge on any atom is -0.357 e. The number of hydrogen-bond acceptors (Lipinski definition) is 2. The van der Waals surface area contributed by atoms with Crippen LogP contribution in [0.5, 0.6) is 0 Å². The lowest BCUT2D eigenvalue weighted by molar-refractivity contribution is 0.139. The number of nitrogens with one attached hydrogen (secondary N) is 1. The summed E-state index contributed by atoms with van der Waals surface area (Å²) in [6, 6.07) is 4.26. The number of rotatable bonds is 8. The molecule has 0 radical (unpaired) electrons. The summed E-state index contributed by atoms with van der Waals surface area (Å²) in [6.45, 7) is 13.4. The van der Waals surface area contributed by atoms with Crippen molar-refractivity contribution >= 4 is 5.96 Å². The van der Waals surface area contributed by atoms with Gasteiger partial charge in [0.25, 0.3) is 0 Å². The zero-order valence-corrected chi connectivity index (χ0v) is 17.5. The summed E-state index contributed by atoms with van der Waals surface area (Å²) in [4.78, 5) is 9.70. The second-order valence-corrected chi connectivity index (χ2v) is 8.11. The highest BCUT2D eigenvalue weighted by Crippen LogP contribution is 2.21. The Morgan fingerprint density at radius 1 is 1.27 bits per heavy atom. The van der Waals surface area contributed by atoms with Crippen LogP contribution in [0.25, 0.3) is 0 Å². The Morgan fingerprint density at radius 3 is 2.62 bits per heavy atom. The molecule has 1 N–H and O–H groups in total. The molecule has 1 aliphatic rings. The van der Waals surface area contributed by atoms with Gasteiger partial charge in [0.2, 0.25) is 0 Å². The number of nitrogens with zero attached hydrogens (tertiary/aromatic N) is 4. The van der Waals surface area contributed by atoms with Crippen molar-refractivity contribution in [3.63, 3.8) is 0 Å². The molecule has 1 fully saturated rings. The van der Waals surface area contributed by atoms with E-state index < -0.39 is 0 Å². The van der Waals surface area contributed by atoms with Gasteiger partial charge in [0, 0.05) is 52.2 Å². The molecule has 2 unspecified atom stereocenters. The number of likely N-dealkylation sites (tertiary alicyclic amines) is 1. The number of unbranched alkanes of at least 4 members (excludes halogenated alkanes) is 1. The van der Waals surface area contributed by atoms with E-state index in [0.717, 1.165) is 43.9 Å². The fourth-order valence-corrected chi connectivity index (χ4v) is 4.06. The predicted molar refractivity (Wildman–Crippen MR) is 111 cm³/mol. The maximum Gasteiger partial charge on any atom is 0.194 e. The number of hydrogen-bond donors (Lipinski definition) is 1. The summed E-state index contributed by atoms with van der Waals surface area (Å²) in [7, 11) is 4.21. The van der Waals surface area contributed by atoms with E-state index in [0.29, 0.717) is 0 Å². The van der Waals surface area contributed by atoms with Gasteiger partial charge >= 0.3 is 0 Å². The number of aliphatic imine (C=N–C) groups is 1. The summed E-state index contributed by atoms with van der Waals surface area (Å²) in [6.07, 6.45) is 5.88. The molecule has 0 saturated carbocycles. The Balaban J connectivity index is 1.75. The van der Waals surface area contributed by atoms with E-state index in [2.05, 4.69) is 72.9 Å². The molecule has 26 heavy (non-hydrogen) atoms. The molecule has 2 atom stereocenters. The van der Waals surface area contributed by atoms with Gasteiger partial charge in [-0.3, -0.25) is 4.99 Å². The molecular weight excluding hydrogens is 322 g/mol. The van der Waals surface area contributed by atoms with Gasteiger partial charge in [0.1, 0.15) is 0 Å². The summed E-state index contributed by atoms with van der Waals surface area (Å²) < 4.78 is 2.17. The zero-order chi connectivity index (χ0) is 18.9. The van der Waals surface area contributed by atoms with Crippen molar-refractivity contribution in [1.82, 2.24) is 19.7 Å². The summed E-state index contributed by atoms with van der Waals surface area (Å²) in [5, 5.41) is 3.42. The minimum atomic E-state index is 0.850. The molecule has 0 bridgehead atoms. The number of aryl methyl sites for hydroxylation is 1. The standard InChI is InChI=1S/C21H39N5/c1-6-22-21(25(5)17-20-10-9-12-24(20)4)23-11-7-8-13-26-15-18(2)14-19(3)16-26/h9-10,12,18-19H,6-8,11,13-17H2,1-5H3,(H,22,23). The molecule has 0 aliphatic carbocycles. The van der Waals surface area contributed by atoms with E-state index in [1.807, 2.05) is 0 Å². The van der Waals surface area contributed by atoms with Crippen molar-refractivity contribution in [3.05, 3.63) is 24.0 Å². The molecule has 0 amide bonds. The molecule has 1 saturated heterocycles. The Morgan fingerprint density at radius 2 is 2.00 bits per heavy atom. The summed E-state index contributed by atoms with van der Waals surface area (Å²) in [5.74, 6) is 2.71. The van der Waals surface area contributed by atoms with Crippen LogP contribution < -0.4 is 5.32 Å². The highest BCUT2D eigenvalue weighted by atomic mass is 15.3. The topological polar surface area (TPSA) is 35.8 Å². The fourth-order valence-electron chi connectivity index (χ4n) is 4.06. The van der Waals surface area contributed by atoms with Crippen molar-refractivity contribution in [2.75, 3.05) is 39.8 Å². The van der Waals surface area contributed by atoms with Crippen molar-refractivity contribution in [1.29, 1.82) is 0 Å². The predicted octanol–water partition coefficient (Wildman–Crippen LogP) is 3.18. The average molecular weight is 362 g/mol. The van der Waals surface area contributed by atoms with Gasteiger partial charge in [-0.1, -0.05) is 13.8 Å². The maximum absolute atomic E-state index is 4.84. The highest BCUT2D eigenvalue weighted by Gasteiger charge is 2.20.